The Hall–Kier alpha value is -2.87. The van der Waals surface area contributed by atoms with Gasteiger partial charge in [0.1, 0.15) is 18.1 Å². The molecule has 4 saturated carbocycles. The van der Waals surface area contributed by atoms with Gasteiger partial charge in [-0.2, -0.15) is 0 Å². The van der Waals surface area contributed by atoms with Gasteiger partial charge in [-0.05, 0) is 134 Å². The number of rotatable bonds is 4. The summed E-state index contributed by atoms with van der Waals surface area (Å²) in [5, 5.41) is 19.3. The zero-order valence-electron chi connectivity index (χ0n) is 29.2. The molecule has 0 aliphatic heterocycles. The Morgan fingerprint density at radius 1 is 0.979 bits per heavy atom. The number of aliphatic hydroxyl groups is 1. The summed E-state index contributed by atoms with van der Waals surface area (Å²) in [6.45, 7) is 16.0. The van der Waals surface area contributed by atoms with Gasteiger partial charge >= 0.3 is 5.97 Å². The van der Waals surface area contributed by atoms with E-state index in [9.17, 15) is 19.1 Å². The van der Waals surface area contributed by atoms with E-state index in [1.54, 1.807) is 23.0 Å². The number of allylic oxidation sites excluding steroid dienone is 2. The summed E-state index contributed by atoms with van der Waals surface area (Å²) in [6, 6.07) is 5.98. The third kappa shape index (κ3) is 4.66. The number of aromatic nitrogens is 3. The lowest BCUT2D eigenvalue weighted by molar-refractivity contribution is -0.202. The van der Waals surface area contributed by atoms with Crippen molar-refractivity contribution >= 4 is 11.8 Å². The molecule has 5 aliphatic carbocycles. The molecule has 9 atom stereocenters. The molecule has 1 aromatic carbocycles. The Bertz CT molecular complexity index is 1630. The van der Waals surface area contributed by atoms with Crippen molar-refractivity contribution in [3.8, 4) is 5.69 Å². The van der Waals surface area contributed by atoms with E-state index in [2.05, 4.69) is 51.9 Å². The Morgan fingerprint density at radius 2 is 1.68 bits per heavy atom. The molecule has 1 heterocycles. The molecule has 1 aromatic heterocycles. The van der Waals surface area contributed by atoms with Crippen molar-refractivity contribution in [3.63, 3.8) is 0 Å². The minimum Gasteiger partial charge on any atom is -0.459 e. The van der Waals surface area contributed by atoms with Crippen molar-refractivity contribution in [3.05, 3.63) is 53.6 Å². The average Bonchev–Trinajstić information content (AvgIpc) is 3.49. The van der Waals surface area contributed by atoms with Gasteiger partial charge < -0.3 is 9.84 Å². The second-order valence-electron chi connectivity index (χ2n) is 17.8. The number of aliphatic hydroxyl groups excluding tert-OH is 1. The van der Waals surface area contributed by atoms with Crippen molar-refractivity contribution in [2.75, 3.05) is 0 Å². The SMILES string of the molecule is CC1(C)[C@@H](O)CC[C@]2(C)[C@H]3C(=O)C=C4[C@@H]5C[C@@](C)(C(=O)OCc6cn(-c7ccc(F)cc7)nn6)CC[C@]5(C)CC[C@@]4(C)[C@]3(C)CC[C@@H]12. The van der Waals surface area contributed by atoms with Crippen molar-refractivity contribution in [1.29, 1.82) is 0 Å². The Morgan fingerprint density at radius 3 is 2.40 bits per heavy atom. The predicted octanol–water partition coefficient (Wildman–Crippen LogP) is 7.79. The highest BCUT2D eigenvalue weighted by Crippen LogP contribution is 2.75. The van der Waals surface area contributed by atoms with Gasteiger partial charge in [0.05, 0.1) is 23.4 Å². The average molecular weight is 646 g/mol. The number of ketones is 1. The lowest BCUT2D eigenvalue weighted by Gasteiger charge is -2.70. The molecule has 2 aromatic rings. The van der Waals surface area contributed by atoms with Gasteiger partial charge in [0.2, 0.25) is 0 Å². The maximum absolute atomic E-state index is 14.6. The molecule has 0 unspecified atom stereocenters. The minimum absolute atomic E-state index is 0.0149. The largest absolute Gasteiger partial charge is 0.459 e. The third-order valence-corrected chi connectivity index (χ3v) is 15.0. The van der Waals surface area contributed by atoms with Crippen LogP contribution in [0.5, 0.6) is 0 Å². The number of esters is 1. The zero-order chi connectivity index (χ0) is 33.8. The molecule has 7 nitrogen and oxygen atoms in total. The Kier molecular flexibility index (Phi) is 7.34. The third-order valence-electron chi connectivity index (χ3n) is 15.0. The molecule has 0 spiro atoms. The van der Waals surface area contributed by atoms with Gasteiger partial charge in [0.25, 0.3) is 0 Å². The summed E-state index contributed by atoms with van der Waals surface area (Å²) in [4.78, 5) is 28.4. The Labute approximate surface area is 278 Å². The van der Waals surface area contributed by atoms with Gasteiger partial charge in [0.15, 0.2) is 5.78 Å². The zero-order valence-corrected chi connectivity index (χ0v) is 29.2. The number of ether oxygens (including phenoxy) is 1. The number of fused-ring (bicyclic) bond motifs is 7. The molecule has 0 saturated heterocycles. The van der Waals surface area contributed by atoms with E-state index in [0.717, 1.165) is 51.4 Å². The first-order valence-electron chi connectivity index (χ1n) is 17.8. The van der Waals surface area contributed by atoms with Gasteiger partial charge in [-0.15, -0.1) is 5.10 Å². The number of carbonyl (C=O) groups is 2. The maximum atomic E-state index is 14.6. The topological polar surface area (TPSA) is 94.3 Å². The number of carbonyl (C=O) groups excluding carboxylic acids is 2. The van der Waals surface area contributed by atoms with E-state index in [-0.39, 0.29) is 69.2 Å². The summed E-state index contributed by atoms with van der Waals surface area (Å²) in [5.74, 6) is 0.0775. The summed E-state index contributed by atoms with van der Waals surface area (Å²) < 4.78 is 20.8. The van der Waals surface area contributed by atoms with E-state index < -0.39 is 5.41 Å². The van der Waals surface area contributed by atoms with Crippen LogP contribution in [0.1, 0.15) is 112 Å². The van der Waals surface area contributed by atoms with Crippen molar-refractivity contribution in [2.24, 2.45) is 50.2 Å². The fourth-order valence-electron chi connectivity index (χ4n) is 11.8. The van der Waals surface area contributed by atoms with Crippen LogP contribution in [0.15, 0.2) is 42.1 Å². The first-order chi connectivity index (χ1) is 22.0. The van der Waals surface area contributed by atoms with Crippen molar-refractivity contribution in [1.82, 2.24) is 15.0 Å². The van der Waals surface area contributed by atoms with Crippen LogP contribution >= 0.6 is 0 Å². The van der Waals surface area contributed by atoms with Gasteiger partial charge in [-0.25, -0.2) is 9.07 Å². The number of benzene rings is 1. The van der Waals surface area contributed by atoms with Crippen molar-refractivity contribution < 1.29 is 23.8 Å². The van der Waals surface area contributed by atoms with Gasteiger partial charge in [-0.1, -0.05) is 52.3 Å². The normalized spacial score (nSPS) is 42.3. The van der Waals surface area contributed by atoms with E-state index in [4.69, 9.17) is 4.74 Å². The molecule has 0 amide bonds. The van der Waals surface area contributed by atoms with Crippen LogP contribution in [0, 0.1) is 56.1 Å². The highest BCUT2D eigenvalue weighted by molar-refractivity contribution is 5.95. The molecule has 1 N–H and O–H groups in total. The molecular formula is C39H52FN3O4. The van der Waals surface area contributed by atoms with Crippen LogP contribution in [0.2, 0.25) is 0 Å². The molecule has 8 heteroatoms. The van der Waals surface area contributed by atoms with Crippen LogP contribution in [-0.4, -0.2) is 38.0 Å². The van der Waals surface area contributed by atoms with Crippen LogP contribution in [0.3, 0.4) is 0 Å². The summed E-state index contributed by atoms with van der Waals surface area (Å²) in [5.41, 5.74) is 1.15. The highest BCUT2D eigenvalue weighted by atomic mass is 19.1. The van der Waals surface area contributed by atoms with Crippen LogP contribution in [0.4, 0.5) is 4.39 Å². The molecular weight excluding hydrogens is 593 g/mol. The van der Waals surface area contributed by atoms with E-state index in [1.807, 2.05) is 13.0 Å². The van der Waals surface area contributed by atoms with Crippen LogP contribution in [-0.2, 0) is 20.9 Å². The smallest absolute Gasteiger partial charge is 0.312 e. The second kappa shape index (κ2) is 10.6. The monoisotopic (exact) mass is 645 g/mol. The first kappa shape index (κ1) is 32.7. The van der Waals surface area contributed by atoms with E-state index in [0.29, 0.717) is 23.7 Å². The summed E-state index contributed by atoms with van der Waals surface area (Å²) in [7, 11) is 0. The first-order valence-corrected chi connectivity index (χ1v) is 17.8. The van der Waals surface area contributed by atoms with Crippen LogP contribution in [0.25, 0.3) is 5.69 Å². The van der Waals surface area contributed by atoms with Gasteiger partial charge in [-0.3, -0.25) is 9.59 Å². The fraction of sp³-hybridized carbons (Fsp3) is 0.692. The minimum atomic E-state index is -0.676. The number of hydrogen-bond donors (Lipinski definition) is 1. The van der Waals surface area contributed by atoms with Gasteiger partial charge in [0, 0.05) is 5.92 Å². The van der Waals surface area contributed by atoms with E-state index >= 15 is 0 Å². The number of hydrogen-bond acceptors (Lipinski definition) is 6. The molecule has 47 heavy (non-hydrogen) atoms. The Balaban J connectivity index is 1.14. The highest BCUT2D eigenvalue weighted by Gasteiger charge is 2.70. The quantitative estimate of drug-likeness (QED) is 0.341. The number of nitrogens with zero attached hydrogens (tertiary/aromatic N) is 3. The molecule has 0 radical (unpaired) electrons. The lowest BCUT2D eigenvalue weighted by atomic mass is 9.33. The predicted molar refractivity (Wildman–Crippen MR) is 177 cm³/mol. The summed E-state index contributed by atoms with van der Waals surface area (Å²) in [6.07, 6.45) is 11.5. The summed E-state index contributed by atoms with van der Waals surface area (Å²) >= 11 is 0. The number of halogens is 1. The van der Waals surface area contributed by atoms with Crippen LogP contribution < -0.4 is 0 Å². The lowest BCUT2D eigenvalue weighted by Crippen LogP contribution is -2.66. The van der Waals surface area contributed by atoms with Crippen molar-refractivity contribution in [2.45, 2.75) is 119 Å². The second-order valence-corrected chi connectivity index (χ2v) is 17.8. The molecule has 0 bridgehead atoms. The molecule has 7 rings (SSSR count). The molecule has 4 fully saturated rings. The molecule has 254 valence electrons. The van der Waals surface area contributed by atoms with E-state index in [1.165, 1.54) is 17.7 Å². The molecule has 5 aliphatic rings. The maximum Gasteiger partial charge on any atom is 0.312 e. The fourth-order valence-corrected chi connectivity index (χ4v) is 11.8. The standard InChI is InChI=1S/C39H52FN3O4/c1-34(2)30-12-15-39(7)32(37(30,5)14-13-31(34)45)29(44)20-27-28-21-36(4,17-16-35(28,3)18-19-38(27,39)6)33(46)47-23-25-22-43(42-41-25)26-10-8-24(40)9-11-26/h8-11,20,22,28,30-32,45H,12-19,21,23H2,1-7H3/t28-,30-,31-,32+,35+,36-,37-,38+,39+/m0/s1.